The molecule has 1 aliphatic rings. The monoisotopic (exact) mass is 530 g/mol. The maximum absolute atomic E-state index is 11.6. The molecule has 4 rings (SSSR count). The third-order valence-electron chi connectivity index (χ3n) is 5.50. The summed E-state index contributed by atoms with van der Waals surface area (Å²) in [7, 11) is 0. The number of halogens is 3. The first-order chi connectivity index (χ1) is 14.8. The van der Waals surface area contributed by atoms with E-state index < -0.39 is 0 Å². The largest absolute Gasteiger partial charge is 0.452 e. The van der Waals surface area contributed by atoms with Gasteiger partial charge in [-0.1, -0.05) is 18.5 Å². The van der Waals surface area contributed by atoms with Crippen LogP contribution in [0.25, 0.3) is 0 Å². The number of hydrogen-bond donors (Lipinski definition) is 1. The smallest absolute Gasteiger partial charge is 0.219 e. The van der Waals surface area contributed by atoms with Gasteiger partial charge in [0.15, 0.2) is 17.4 Å². The molecular weight excluding hydrogens is 507 g/mol. The van der Waals surface area contributed by atoms with Crippen LogP contribution >= 0.6 is 47.9 Å². The number of rotatable bonds is 5. The predicted octanol–water partition coefficient (Wildman–Crippen LogP) is 5.57. The lowest BCUT2D eigenvalue weighted by atomic mass is 9.79. The van der Waals surface area contributed by atoms with Crippen molar-refractivity contribution in [2.45, 2.75) is 39.0 Å². The van der Waals surface area contributed by atoms with E-state index in [0.29, 0.717) is 27.5 Å². The number of nitrogens with one attached hydrogen (secondary N) is 1. The first kappa shape index (κ1) is 27.0. The Morgan fingerprint density at radius 2 is 1.97 bits per heavy atom. The number of carbonyl (C=O) groups excluding carboxylic acids is 1. The van der Waals surface area contributed by atoms with Gasteiger partial charge in [-0.15, -0.1) is 24.8 Å². The summed E-state index contributed by atoms with van der Waals surface area (Å²) in [6, 6.07) is 5.34. The normalized spacial score (nSPS) is 14.6. The molecule has 8 nitrogen and oxygen atoms in total. The fourth-order valence-corrected chi connectivity index (χ4v) is 4.30. The maximum Gasteiger partial charge on any atom is 0.219 e. The number of piperidine rings is 1. The summed E-state index contributed by atoms with van der Waals surface area (Å²) in [6.45, 7) is 7.06. The molecule has 0 bridgehead atoms. The zero-order chi connectivity index (χ0) is 22.0. The first-order valence-electron chi connectivity index (χ1n) is 9.96. The van der Waals surface area contributed by atoms with Gasteiger partial charge >= 0.3 is 0 Å². The van der Waals surface area contributed by atoms with Gasteiger partial charge in [0.2, 0.25) is 11.0 Å². The second-order valence-electron chi connectivity index (χ2n) is 7.80. The molecule has 3 aromatic heterocycles. The molecule has 1 N–H and O–H groups in total. The number of likely N-dealkylation sites (tertiary alicyclic amines) is 1. The highest BCUT2D eigenvalue weighted by molar-refractivity contribution is 7.09. The number of aromatic nitrogens is 4. The summed E-state index contributed by atoms with van der Waals surface area (Å²) in [5.74, 6) is 2.48. The fourth-order valence-electron chi connectivity index (χ4n) is 3.45. The molecule has 178 valence electrons. The molecule has 33 heavy (non-hydrogen) atoms. The minimum atomic E-state index is -0.165. The van der Waals surface area contributed by atoms with E-state index in [1.165, 1.54) is 11.5 Å². The molecule has 1 amide bonds. The Hall–Kier alpha value is -2.20. The first-order valence-corrected chi connectivity index (χ1v) is 11.1. The minimum absolute atomic E-state index is 0. The van der Waals surface area contributed by atoms with Gasteiger partial charge in [-0.05, 0) is 31.9 Å². The summed E-state index contributed by atoms with van der Waals surface area (Å²) in [5.41, 5.74) is 0.596. The van der Waals surface area contributed by atoms with Crippen molar-refractivity contribution >= 4 is 64.8 Å². The topological polar surface area (TPSA) is 93.1 Å². The molecule has 0 atom stereocenters. The van der Waals surface area contributed by atoms with Gasteiger partial charge in [-0.3, -0.25) is 9.78 Å². The number of carbonyl (C=O) groups is 1. The predicted molar refractivity (Wildman–Crippen MR) is 135 cm³/mol. The summed E-state index contributed by atoms with van der Waals surface area (Å²) in [5, 5.41) is 4.29. The van der Waals surface area contributed by atoms with E-state index in [-0.39, 0.29) is 36.1 Å². The second kappa shape index (κ2) is 11.3. The maximum atomic E-state index is 11.6. The molecule has 0 saturated carbocycles. The highest BCUT2D eigenvalue weighted by Crippen LogP contribution is 2.37. The van der Waals surface area contributed by atoms with Crippen molar-refractivity contribution in [1.82, 2.24) is 24.2 Å². The number of amides is 1. The van der Waals surface area contributed by atoms with Crippen molar-refractivity contribution in [2.24, 2.45) is 0 Å². The highest BCUT2D eigenvalue weighted by atomic mass is 35.5. The van der Waals surface area contributed by atoms with Crippen molar-refractivity contribution in [3.8, 4) is 11.5 Å². The van der Waals surface area contributed by atoms with Crippen LogP contribution < -0.4 is 10.1 Å². The molecule has 0 spiro atoms. The standard InChI is InChI=1S/C21H23ClN6O2S.2ClH/c1-13-16(5-4-8-23-13)30-17-11-15(22)12-24-18(17)25-20-26-19(27-31-20)21(3)6-9-28(10-7-21)14(2)29;;/h4-5,8,11-12H,6-7,9-10H2,1-3H3,(H,24,25,26,27);2*1H. The van der Waals surface area contributed by atoms with Gasteiger partial charge < -0.3 is 15.0 Å². The van der Waals surface area contributed by atoms with Crippen LogP contribution in [0.1, 0.15) is 38.2 Å². The molecule has 1 fully saturated rings. The van der Waals surface area contributed by atoms with Gasteiger partial charge in [0.25, 0.3) is 0 Å². The van der Waals surface area contributed by atoms with E-state index in [0.717, 1.165) is 37.4 Å². The van der Waals surface area contributed by atoms with Crippen molar-refractivity contribution in [1.29, 1.82) is 0 Å². The molecule has 1 aliphatic heterocycles. The van der Waals surface area contributed by atoms with Crippen LogP contribution in [-0.4, -0.2) is 43.2 Å². The number of hydrogen-bond acceptors (Lipinski definition) is 8. The van der Waals surface area contributed by atoms with Crippen molar-refractivity contribution in [3.63, 3.8) is 0 Å². The lowest BCUT2D eigenvalue weighted by Gasteiger charge is -2.37. The Kier molecular flexibility index (Phi) is 9.25. The zero-order valence-electron chi connectivity index (χ0n) is 18.4. The van der Waals surface area contributed by atoms with E-state index in [2.05, 4.69) is 26.6 Å². The number of pyridine rings is 2. The van der Waals surface area contributed by atoms with Crippen LogP contribution in [0.15, 0.2) is 30.6 Å². The molecular formula is C21H25Cl3N6O2S. The Bertz CT molecular complexity index is 1110. The molecule has 0 aromatic carbocycles. The van der Waals surface area contributed by atoms with E-state index in [1.54, 1.807) is 25.4 Å². The molecule has 0 unspecified atom stereocenters. The van der Waals surface area contributed by atoms with Crippen molar-refractivity contribution in [2.75, 3.05) is 18.4 Å². The third-order valence-corrected chi connectivity index (χ3v) is 6.34. The van der Waals surface area contributed by atoms with Crippen molar-refractivity contribution < 1.29 is 9.53 Å². The van der Waals surface area contributed by atoms with Gasteiger partial charge in [0, 0.05) is 55.4 Å². The third kappa shape index (κ3) is 6.23. The highest BCUT2D eigenvalue weighted by Gasteiger charge is 2.36. The lowest BCUT2D eigenvalue weighted by molar-refractivity contribution is -0.130. The summed E-state index contributed by atoms with van der Waals surface area (Å²) in [4.78, 5) is 26.8. The summed E-state index contributed by atoms with van der Waals surface area (Å²) < 4.78 is 10.6. The molecule has 0 aliphatic carbocycles. The van der Waals surface area contributed by atoms with Crippen LogP contribution in [0, 0.1) is 6.92 Å². The number of nitrogens with zero attached hydrogens (tertiary/aromatic N) is 5. The van der Waals surface area contributed by atoms with Crippen LogP contribution in [-0.2, 0) is 10.2 Å². The molecule has 12 heteroatoms. The number of aryl methyl sites for hydroxylation is 1. The van der Waals surface area contributed by atoms with Crippen LogP contribution in [0.2, 0.25) is 5.02 Å². The number of anilines is 2. The minimum Gasteiger partial charge on any atom is -0.452 e. The molecule has 1 saturated heterocycles. The van der Waals surface area contributed by atoms with Gasteiger partial charge in [-0.2, -0.15) is 4.37 Å². The van der Waals surface area contributed by atoms with Crippen LogP contribution in [0.4, 0.5) is 10.9 Å². The number of ether oxygens (including phenoxy) is 1. The van der Waals surface area contributed by atoms with Crippen LogP contribution in [0.5, 0.6) is 11.5 Å². The Labute approximate surface area is 214 Å². The van der Waals surface area contributed by atoms with E-state index in [9.17, 15) is 4.79 Å². The molecule has 4 heterocycles. The molecule has 3 aromatic rings. The Morgan fingerprint density at radius 1 is 1.24 bits per heavy atom. The van der Waals surface area contributed by atoms with E-state index in [1.807, 2.05) is 24.0 Å². The average Bonchev–Trinajstić information content (AvgIpc) is 3.21. The Morgan fingerprint density at radius 3 is 2.64 bits per heavy atom. The van der Waals surface area contributed by atoms with Gasteiger partial charge in [-0.25, -0.2) is 9.97 Å². The lowest BCUT2D eigenvalue weighted by Crippen LogP contribution is -2.43. The fraction of sp³-hybridized carbons (Fsp3) is 0.381. The molecule has 0 radical (unpaired) electrons. The second-order valence-corrected chi connectivity index (χ2v) is 8.99. The van der Waals surface area contributed by atoms with E-state index >= 15 is 0 Å². The average molecular weight is 532 g/mol. The van der Waals surface area contributed by atoms with Gasteiger partial charge in [0.05, 0.1) is 10.7 Å². The van der Waals surface area contributed by atoms with Gasteiger partial charge in [0.1, 0.15) is 5.75 Å². The zero-order valence-corrected chi connectivity index (χ0v) is 21.6. The van der Waals surface area contributed by atoms with Crippen LogP contribution in [0.3, 0.4) is 0 Å². The summed E-state index contributed by atoms with van der Waals surface area (Å²) in [6.07, 6.45) is 4.92. The van der Waals surface area contributed by atoms with E-state index in [4.69, 9.17) is 21.3 Å². The van der Waals surface area contributed by atoms with Crippen molar-refractivity contribution in [3.05, 3.63) is 47.1 Å². The SMILES string of the molecule is CC(=O)N1CCC(C)(c2nsc(Nc3ncc(Cl)cc3Oc3cccnc3C)n2)CC1.Cl.Cl. The Balaban J connectivity index is 0.00000193. The quantitative estimate of drug-likeness (QED) is 0.460. The summed E-state index contributed by atoms with van der Waals surface area (Å²) >= 11 is 7.42.